The van der Waals surface area contributed by atoms with E-state index >= 15 is 0 Å². The third-order valence-electron chi connectivity index (χ3n) is 4.52. The quantitative estimate of drug-likeness (QED) is 0.703. The first-order chi connectivity index (χ1) is 13.1. The summed E-state index contributed by atoms with van der Waals surface area (Å²) in [5.74, 6) is -0.195. The van der Waals surface area contributed by atoms with E-state index in [0.717, 1.165) is 17.3 Å². The first-order valence-electron chi connectivity index (χ1n) is 8.25. The van der Waals surface area contributed by atoms with Crippen molar-refractivity contribution in [1.29, 1.82) is 0 Å². The molecule has 0 saturated heterocycles. The lowest BCUT2D eigenvalue weighted by Crippen LogP contribution is -2.21. The van der Waals surface area contributed by atoms with Crippen LogP contribution in [-0.4, -0.2) is 34.7 Å². The van der Waals surface area contributed by atoms with Crippen molar-refractivity contribution in [2.75, 3.05) is 14.2 Å². The Labute approximate surface area is 154 Å². The van der Waals surface area contributed by atoms with E-state index in [1.54, 1.807) is 31.0 Å². The number of hydrogen-bond donors (Lipinski definition) is 0. The van der Waals surface area contributed by atoms with Gasteiger partial charge in [0.2, 0.25) is 5.95 Å². The minimum absolute atomic E-state index is 0.349. The molecule has 1 aliphatic heterocycles. The number of nitrogens with zero attached hydrogens (tertiary/aromatic N) is 4. The van der Waals surface area contributed by atoms with Crippen LogP contribution >= 0.6 is 0 Å². The van der Waals surface area contributed by atoms with Crippen LogP contribution in [0, 0.1) is 11.6 Å². The van der Waals surface area contributed by atoms with Crippen molar-refractivity contribution < 1.29 is 18.3 Å². The zero-order valence-electron chi connectivity index (χ0n) is 14.7. The molecule has 1 atom stereocenters. The summed E-state index contributed by atoms with van der Waals surface area (Å²) in [5.41, 5.74) is 2.16. The van der Waals surface area contributed by atoms with Crippen LogP contribution in [0.1, 0.15) is 23.6 Å². The highest BCUT2D eigenvalue weighted by Gasteiger charge is 2.27. The van der Waals surface area contributed by atoms with Gasteiger partial charge in [0.25, 0.3) is 0 Å². The summed E-state index contributed by atoms with van der Waals surface area (Å²) in [6, 6.07) is 8.99. The number of aliphatic imine (C=N–C) groups is 1. The number of methoxy groups -OCH3 is 2. The van der Waals surface area contributed by atoms with Gasteiger partial charge in [-0.3, -0.25) is 0 Å². The molecule has 4 rings (SSSR count). The Kier molecular flexibility index (Phi) is 4.31. The molecule has 0 saturated carbocycles. The Hall–Kier alpha value is -3.29. The lowest BCUT2D eigenvalue weighted by molar-refractivity contribution is 0.355. The summed E-state index contributed by atoms with van der Waals surface area (Å²) >= 11 is 0. The maximum absolute atomic E-state index is 13.8. The SMILES string of the molecule is COc1ccc(C2=Nc3ncnn3C(c3ccc(F)c(F)c3)C2)cc1OC. The number of fused-ring (bicyclic) bond motifs is 1. The average molecular weight is 370 g/mol. The van der Waals surface area contributed by atoms with Gasteiger partial charge in [-0.15, -0.1) is 0 Å². The van der Waals surface area contributed by atoms with Crippen LogP contribution < -0.4 is 9.47 Å². The fourth-order valence-electron chi connectivity index (χ4n) is 3.16. The molecule has 8 heteroatoms. The van der Waals surface area contributed by atoms with Gasteiger partial charge < -0.3 is 9.47 Å². The Morgan fingerprint density at radius 3 is 2.56 bits per heavy atom. The number of ether oxygens (including phenoxy) is 2. The number of halogens is 2. The topological polar surface area (TPSA) is 61.5 Å². The molecular formula is C19H16F2N4O2. The number of rotatable bonds is 4. The van der Waals surface area contributed by atoms with Crippen molar-refractivity contribution in [2.45, 2.75) is 12.5 Å². The molecule has 1 unspecified atom stereocenters. The molecule has 0 bridgehead atoms. The highest BCUT2D eigenvalue weighted by molar-refractivity contribution is 6.03. The van der Waals surface area contributed by atoms with E-state index < -0.39 is 11.6 Å². The normalized spacial score (nSPS) is 15.9. The Bertz CT molecular complexity index is 1030. The standard InChI is InChI=1S/C19H16F2N4O2/c1-26-17-6-4-11(8-18(17)27-2)15-9-16(25-19(24-15)22-10-23-25)12-3-5-13(20)14(21)7-12/h3-8,10,16H,9H2,1-2H3. The Morgan fingerprint density at radius 2 is 1.81 bits per heavy atom. The van der Waals surface area contributed by atoms with Gasteiger partial charge in [0.15, 0.2) is 23.1 Å². The molecule has 0 radical (unpaired) electrons. The van der Waals surface area contributed by atoms with Crippen LogP contribution in [0.4, 0.5) is 14.7 Å². The molecule has 2 heterocycles. The van der Waals surface area contributed by atoms with Gasteiger partial charge in [0, 0.05) is 12.0 Å². The van der Waals surface area contributed by atoms with Gasteiger partial charge in [0.1, 0.15) is 6.33 Å². The predicted molar refractivity (Wildman–Crippen MR) is 94.9 cm³/mol. The Balaban J connectivity index is 1.77. The molecule has 138 valence electrons. The first kappa shape index (κ1) is 17.1. The van der Waals surface area contributed by atoms with Crippen molar-refractivity contribution in [3.05, 3.63) is 65.5 Å². The average Bonchev–Trinajstić information content (AvgIpc) is 3.17. The summed E-state index contributed by atoms with van der Waals surface area (Å²) in [6.45, 7) is 0. The second kappa shape index (κ2) is 6.79. The smallest absolute Gasteiger partial charge is 0.248 e. The molecule has 0 amide bonds. The molecule has 2 aromatic carbocycles. The van der Waals surface area contributed by atoms with E-state index in [1.807, 2.05) is 12.1 Å². The van der Waals surface area contributed by atoms with E-state index in [4.69, 9.17) is 9.47 Å². The molecular weight excluding hydrogens is 354 g/mol. The summed E-state index contributed by atoms with van der Waals surface area (Å²) < 4.78 is 39.3. The maximum Gasteiger partial charge on any atom is 0.248 e. The molecule has 1 aliphatic rings. The fraction of sp³-hybridized carbons (Fsp3) is 0.211. The number of hydrogen-bond acceptors (Lipinski definition) is 5. The maximum atomic E-state index is 13.8. The predicted octanol–water partition coefficient (Wildman–Crippen LogP) is 3.69. The summed E-state index contributed by atoms with van der Waals surface area (Å²) in [7, 11) is 3.13. The number of benzene rings is 2. The Morgan fingerprint density at radius 1 is 1.00 bits per heavy atom. The van der Waals surface area contributed by atoms with Crippen molar-refractivity contribution in [2.24, 2.45) is 4.99 Å². The molecule has 1 aromatic heterocycles. The first-order valence-corrected chi connectivity index (χ1v) is 8.25. The van der Waals surface area contributed by atoms with Crippen LogP contribution in [0.2, 0.25) is 0 Å². The highest BCUT2D eigenvalue weighted by atomic mass is 19.2. The lowest BCUT2D eigenvalue weighted by Gasteiger charge is -2.24. The van der Waals surface area contributed by atoms with Crippen LogP contribution in [-0.2, 0) is 0 Å². The van der Waals surface area contributed by atoms with Crippen molar-refractivity contribution in [3.63, 3.8) is 0 Å². The third kappa shape index (κ3) is 3.03. The van der Waals surface area contributed by atoms with Crippen molar-refractivity contribution in [1.82, 2.24) is 14.8 Å². The van der Waals surface area contributed by atoms with Gasteiger partial charge in [-0.05, 0) is 35.9 Å². The summed E-state index contributed by atoms with van der Waals surface area (Å²) in [6.07, 6.45) is 1.83. The second-order valence-electron chi connectivity index (χ2n) is 6.03. The lowest BCUT2D eigenvalue weighted by atomic mass is 9.96. The van der Waals surface area contributed by atoms with Crippen molar-refractivity contribution >= 4 is 11.7 Å². The molecule has 3 aromatic rings. The zero-order valence-corrected chi connectivity index (χ0v) is 14.7. The molecule has 27 heavy (non-hydrogen) atoms. The van der Waals surface area contributed by atoms with E-state index in [-0.39, 0.29) is 6.04 Å². The summed E-state index contributed by atoms with van der Waals surface area (Å²) in [4.78, 5) is 8.73. The van der Waals surface area contributed by atoms with Crippen LogP contribution in [0.25, 0.3) is 0 Å². The van der Waals surface area contributed by atoms with Crippen LogP contribution in [0.3, 0.4) is 0 Å². The van der Waals surface area contributed by atoms with Gasteiger partial charge in [0.05, 0.1) is 26.0 Å². The van der Waals surface area contributed by atoms with Gasteiger partial charge in [-0.1, -0.05) is 6.07 Å². The number of aromatic nitrogens is 3. The highest BCUT2D eigenvalue weighted by Crippen LogP contribution is 2.35. The van der Waals surface area contributed by atoms with Gasteiger partial charge >= 0.3 is 0 Å². The van der Waals surface area contributed by atoms with Gasteiger partial charge in [-0.25, -0.2) is 18.5 Å². The summed E-state index contributed by atoms with van der Waals surface area (Å²) in [5, 5.41) is 4.19. The largest absolute Gasteiger partial charge is 0.493 e. The molecule has 0 aliphatic carbocycles. The van der Waals surface area contributed by atoms with E-state index in [2.05, 4.69) is 15.1 Å². The third-order valence-corrected chi connectivity index (χ3v) is 4.52. The fourth-order valence-corrected chi connectivity index (χ4v) is 3.16. The second-order valence-corrected chi connectivity index (χ2v) is 6.03. The molecule has 0 fully saturated rings. The van der Waals surface area contributed by atoms with Crippen LogP contribution in [0.15, 0.2) is 47.7 Å². The molecule has 0 spiro atoms. The van der Waals surface area contributed by atoms with E-state index in [1.165, 1.54) is 12.4 Å². The van der Waals surface area contributed by atoms with Crippen LogP contribution in [0.5, 0.6) is 11.5 Å². The minimum Gasteiger partial charge on any atom is -0.493 e. The zero-order chi connectivity index (χ0) is 19.0. The molecule has 0 N–H and O–H groups in total. The van der Waals surface area contributed by atoms with E-state index in [9.17, 15) is 8.78 Å². The monoisotopic (exact) mass is 370 g/mol. The van der Waals surface area contributed by atoms with E-state index in [0.29, 0.717) is 29.4 Å². The van der Waals surface area contributed by atoms with Crippen molar-refractivity contribution in [3.8, 4) is 11.5 Å². The molecule has 6 nitrogen and oxygen atoms in total. The minimum atomic E-state index is -0.899. The van der Waals surface area contributed by atoms with Gasteiger partial charge in [-0.2, -0.15) is 10.1 Å².